The average molecular weight is 209 g/mol. The Kier molecular flexibility index (Phi) is 2.38. The van der Waals surface area contributed by atoms with E-state index in [0.29, 0.717) is 0 Å². The van der Waals surface area contributed by atoms with Crippen molar-refractivity contribution in [3.63, 3.8) is 0 Å². The highest BCUT2D eigenvalue weighted by molar-refractivity contribution is 7.39. The molecule has 1 saturated heterocycles. The third kappa shape index (κ3) is 2.76. The highest BCUT2D eigenvalue weighted by Gasteiger charge is 2.52. The Morgan fingerprint density at radius 2 is 1.45 bits per heavy atom. The van der Waals surface area contributed by atoms with E-state index in [9.17, 15) is 4.57 Å². The van der Waals surface area contributed by atoms with Crippen molar-refractivity contribution in [1.82, 2.24) is 0 Å². The van der Waals surface area contributed by atoms with Gasteiger partial charge in [-0.3, -0.25) is 0 Å². The summed E-state index contributed by atoms with van der Waals surface area (Å²) in [4.78, 5) is 0. The largest absolute Gasteiger partial charge is 0.673 e. The number of hydrogen-bond donors (Lipinski definition) is 0. The second kappa shape index (κ2) is 2.74. The third-order valence-corrected chi connectivity index (χ3v) is 13.5. The summed E-state index contributed by atoms with van der Waals surface area (Å²) in [5.74, 6) is 0. The van der Waals surface area contributed by atoms with Crippen LogP contribution in [0.25, 0.3) is 0 Å². The van der Waals surface area contributed by atoms with Gasteiger partial charge in [0.25, 0.3) is 16.6 Å². The van der Waals surface area contributed by atoms with E-state index >= 15 is 0 Å². The summed E-state index contributed by atoms with van der Waals surface area (Å²) in [6, 6.07) is 0. The van der Waals surface area contributed by atoms with Crippen molar-refractivity contribution in [2.45, 2.75) is 31.9 Å². The lowest BCUT2D eigenvalue weighted by molar-refractivity contribution is 0.396. The zero-order valence-electron chi connectivity index (χ0n) is 7.38. The Bertz CT molecular complexity index is 174. The monoisotopic (exact) mass is 209 g/mol. The molecule has 0 unspecified atom stereocenters. The van der Waals surface area contributed by atoms with Crippen LogP contribution >= 0.6 is 8.25 Å². The fourth-order valence-corrected chi connectivity index (χ4v) is 15.1. The van der Waals surface area contributed by atoms with Crippen molar-refractivity contribution in [2.24, 2.45) is 0 Å². The van der Waals surface area contributed by atoms with Gasteiger partial charge >= 0.3 is 8.25 Å². The van der Waals surface area contributed by atoms with Crippen molar-refractivity contribution < 1.29 is 13.0 Å². The Morgan fingerprint density at radius 3 is 1.73 bits per heavy atom. The Morgan fingerprint density at radius 1 is 1.09 bits per heavy atom. The molecule has 0 N–H and O–H groups in total. The zero-order chi connectivity index (χ0) is 8.70. The van der Waals surface area contributed by atoms with E-state index in [-0.39, 0.29) is 0 Å². The lowest BCUT2D eigenvalue weighted by Crippen LogP contribution is -2.45. The smallest absolute Gasteiger partial charge is 0.177 e. The van der Waals surface area contributed by atoms with Crippen LogP contribution < -0.4 is 0 Å². The summed E-state index contributed by atoms with van der Waals surface area (Å²) in [7, 11) is -5.07. The number of rotatable bonds is 0. The Balaban J connectivity index is 2.74. The van der Waals surface area contributed by atoms with Gasteiger partial charge in [0, 0.05) is 4.57 Å². The van der Waals surface area contributed by atoms with Gasteiger partial charge in [-0.15, -0.1) is 0 Å². The second-order valence-electron chi connectivity index (χ2n) is 4.10. The molecule has 0 bridgehead atoms. The molecular formula is C5H14O3PSi2+. The first-order valence-electron chi connectivity index (χ1n) is 3.66. The highest BCUT2D eigenvalue weighted by Crippen LogP contribution is 2.42. The molecule has 0 atom stereocenters. The second-order valence-corrected chi connectivity index (χ2v) is 14.5. The van der Waals surface area contributed by atoms with Crippen LogP contribution in [0.2, 0.25) is 31.9 Å². The van der Waals surface area contributed by atoms with Crippen LogP contribution in [0.5, 0.6) is 0 Å². The van der Waals surface area contributed by atoms with E-state index in [2.05, 4.69) is 26.2 Å². The molecular weight excluding hydrogens is 195 g/mol. The minimum absolute atomic E-state index is 1.04. The molecule has 0 aromatic heterocycles. The van der Waals surface area contributed by atoms with Gasteiger partial charge in [-0.25, -0.2) is 0 Å². The van der Waals surface area contributed by atoms with Gasteiger partial charge in [0.15, 0.2) is 0 Å². The quantitative estimate of drug-likeness (QED) is 0.454. The van der Waals surface area contributed by atoms with Crippen molar-refractivity contribution in [3.05, 3.63) is 0 Å². The van der Waals surface area contributed by atoms with Gasteiger partial charge in [-0.1, -0.05) is 0 Å². The lowest BCUT2D eigenvalue weighted by atomic mass is 11.8. The van der Waals surface area contributed by atoms with E-state index < -0.39 is 24.9 Å². The topological polar surface area (TPSA) is 35.5 Å². The fourth-order valence-electron chi connectivity index (χ4n) is 1.51. The maximum absolute atomic E-state index is 11.1. The molecule has 0 aromatic carbocycles. The highest BCUT2D eigenvalue weighted by atomic mass is 31.1. The molecule has 0 saturated carbocycles. The van der Waals surface area contributed by atoms with Crippen LogP contribution in [0.4, 0.5) is 0 Å². The van der Waals surface area contributed by atoms with Crippen molar-refractivity contribution in [3.8, 4) is 0 Å². The standard InChI is InChI=1S/C5H14O3PSi2/c1-10(2)5-11(3,4)8-9(6)7-10/h5H2,1-4H3/q+1. The average Bonchev–Trinajstić information content (AvgIpc) is 1.49. The van der Waals surface area contributed by atoms with Crippen LogP contribution in [0.3, 0.4) is 0 Å². The minimum Gasteiger partial charge on any atom is -0.177 e. The van der Waals surface area contributed by atoms with Crippen LogP contribution in [0, 0.1) is 0 Å². The normalized spacial score (nSPS) is 28.5. The Hall–Kier alpha value is 0.454. The summed E-state index contributed by atoms with van der Waals surface area (Å²) < 4.78 is 21.6. The molecule has 64 valence electrons. The molecule has 0 aliphatic carbocycles. The van der Waals surface area contributed by atoms with Crippen LogP contribution in [0.15, 0.2) is 0 Å². The van der Waals surface area contributed by atoms with Crippen LogP contribution in [0.1, 0.15) is 0 Å². The molecule has 1 aliphatic rings. The molecule has 11 heavy (non-hydrogen) atoms. The van der Waals surface area contributed by atoms with Gasteiger partial charge in [0.1, 0.15) is 0 Å². The van der Waals surface area contributed by atoms with E-state index in [0.717, 1.165) is 5.67 Å². The summed E-state index contributed by atoms with van der Waals surface area (Å²) in [5.41, 5.74) is 1.04. The van der Waals surface area contributed by atoms with Crippen LogP contribution in [-0.4, -0.2) is 16.6 Å². The van der Waals surface area contributed by atoms with Crippen LogP contribution in [-0.2, 0) is 13.0 Å². The summed E-state index contributed by atoms with van der Waals surface area (Å²) in [5, 5.41) is 0. The first kappa shape index (κ1) is 9.54. The van der Waals surface area contributed by atoms with Crippen molar-refractivity contribution in [1.29, 1.82) is 0 Å². The molecule has 6 heteroatoms. The minimum atomic E-state index is -1.79. The summed E-state index contributed by atoms with van der Waals surface area (Å²) in [6.45, 7) is 8.38. The summed E-state index contributed by atoms with van der Waals surface area (Å²) >= 11 is 0. The fraction of sp³-hybridized carbons (Fsp3) is 1.00. The first-order chi connectivity index (χ1) is 4.81. The molecule has 0 amide bonds. The lowest BCUT2D eigenvalue weighted by Gasteiger charge is -2.26. The van der Waals surface area contributed by atoms with Gasteiger partial charge in [-0.05, 0) is 31.9 Å². The van der Waals surface area contributed by atoms with Gasteiger partial charge < -0.3 is 0 Å². The van der Waals surface area contributed by atoms with E-state index in [1.54, 1.807) is 0 Å². The third-order valence-electron chi connectivity index (χ3n) is 1.49. The molecule has 3 nitrogen and oxygen atoms in total. The molecule has 1 heterocycles. The molecule has 1 rings (SSSR count). The van der Waals surface area contributed by atoms with Crippen molar-refractivity contribution >= 4 is 24.9 Å². The molecule has 1 aliphatic heterocycles. The molecule has 0 aromatic rings. The van der Waals surface area contributed by atoms with E-state index in [1.807, 2.05) is 0 Å². The van der Waals surface area contributed by atoms with Gasteiger partial charge in [0.2, 0.25) is 0 Å². The predicted molar refractivity (Wildman–Crippen MR) is 49.5 cm³/mol. The van der Waals surface area contributed by atoms with Crippen molar-refractivity contribution in [2.75, 3.05) is 0 Å². The van der Waals surface area contributed by atoms with E-state index in [4.69, 9.17) is 8.43 Å². The molecule has 0 radical (unpaired) electrons. The summed E-state index contributed by atoms with van der Waals surface area (Å²) in [6.07, 6.45) is 0. The molecule has 0 spiro atoms. The maximum atomic E-state index is 11.1. The van der Waals surface area contributed by atoms with Gasteiger partial charge in [-0.2, -0.15) is 8.43 Å². The maximum Gasteiger partial charge on any atom is 0.673 e. The first-order valence-corrected chi connectivity index (χ1v) is 11.0. The van der Waals surface area contributed by atoms with E-state index in [1.165, 1.54) is 0 Å². The molecule has 1 fully saturated rings. The SMILES string of the molecule is C[Si]1(C)C[Si](C)(C)O[P+](=O)O1. The predicted octanol–water partition coefficient (Wildman–Crippen LogP) is 2.64. The Labute approximate surface area is 70.3 Å². The van der Waals surface area contributed by atoms with Gasteiger partial charge in [0.05, 0.1) is 0 Å². The zero-order valence-corrected chi connectivity index (χ0v) is 10.3. The number of hydrogen-bond acceptors (Lipinski definition) is 3.